The van der Waals surface area contributed by atoms with Gasteiger partial charge in [-0.2, -0.15) is 0 Å². The summed E-state index contributed by atoms with van der Waals surface area (Å²) < 4.78 is 26.6. The molecule has 6 rings (SSSR count). The number of rotatable bonds is 6. The summed E-state index contributed by atoms with van der Waals surface area (Å²) in [6.07, 6.45) is 13.5. The Morgan fingerprint density at radius 3 is 2.42 bits per heavy atom. The maximum Gasteiger partial charge on any atom is 0.211 e. The summed E-state index contributed by atoms with van der Waals surface area (Å²) in [4.78, 5) is 0. The van der Waals surface area contributed by atoms with Crippen LogP contribution < -0.4 is 21.4 Å². The fourth-order valence-corrected chi connectivity index (χ4v) is 9.06. The van der Waals surface area contributed by atoms with Crippen LogP contribution in [0.2, 0.25) is 0 Å². The smallest absolute Gasteiger partial charge is 0.211 e. The zero-order valence-electron chi connectivity index (χ0n) is 23.0. The highest BCUT2D eigenvalue weighted by Crippen LogP contribution is 2.35. The van der Waals surface area contributed by atoms with Crippen molar-refractivity contribution in [1.29, 1.82) is 0 Å². The zero-order chi connectivity index (χ0) is 26.1. The molecule has 7 atom stereocenters. The molecular formula is C29H48N6O2S. The predicted molar refractivity (Wildman–Crippen MR) is 152 cm³/mol. The number of sulfonamides is 1. The maximum absolute atomic E-state index is 12.5. The molecule has 4 heterocycles. The van der Waals surface area contributed by atoms with Gasteiger partial charge in [-0.1, -0.05) is 56.0 Å². The maximum atomic E-state index is 12.5. The molecule has 4 aliphatic heterocycles. The number of nitrogens with one attached hydrogen (secondary N) is 4. The molecule has 5 aliphatic rings. The van der Waals surface area contributed by atoms with Crippen molar-refractivity contribution in [3.05, 3.63) is 35.9 Å². The minimum atomic E-state index is -3.21. The van der Waals surface area contributed by atoms with E-state index in [0.29, 0.717) is 31.1 Å². The standard InChI is InChI=1S/C29H48N6O2S/c1-38(36,37)35-19-24-26(20-35)31-29(22-12-7-4-8-13-22)32-28(24)25-15-17-34(33-25)18-23-14-9-16-30-27(23)21-10-5-2-3-6-11-21/h4,7-8,12-13,21,23-33H,2-3,5-6,9-11,14-20H2,1H3. The van der Waals surface area contributed by atoms with E-state index >= 15 is 0 Å². The van der Waals surface area contributed by atoms with Gasteiger partial charge in [-0.15, -0.1) is 0 Å². The molecule has 1 aliphatic carbocycles. The van der Waals surface area contributed by atoms with Crippen molar-refractivity contribution >= 4 is 10.0 Å². The predicted octanol–water partition coefficient (Wildman–Crippen LogP) is 2.42. The number of piperidine rings is 1. The third-order valence-corrected chi connectivity index (χ3v) is 11.4. The third-order valence-electron chi connectivity index (χ3n) is 10.1. The molecule has 1 saturated carbocycles. The normalized spacial score (nSPS) is 38.2. The van der Waals surface area contributed by atoms with Gasteiger partial charge in [-0.05, 0) is 56.0 Å². The molecule has 4 saturated heterocycles. The van der Waals surface area contributed by atoms with Gasteiger partial charge in [0.1, 0.15) is 0 Å². The summed E-state index contributed by atoms with van der Waals surface area (Å²) in [5.74, 6) is 1.79. The molecule has 38 heavy (non-hydrogen) atoms. The second kappa shape index (κ2) is 11.8. The Balaban J connectivity index is 1.14. The molecule has 5 fully saturated rings. The Hall–Kier alpha value is -1.07. The van der Waals surface area contributed by atoms with Crippen molar-refractivity contribution < 1.29 is 8.42 Å². The molecule has 8 nitrogen and oxygen atoms in total. The van der Waals surface area contributed by atoms with E-state index in [0.717, 1.165) is 25.4 Å². The first-order valence-corrected chi connectivity index (χ1v) is 17.1. The zero-order valence-corrected chi connectivity index (χ0v) is 23.8. The molecule has 0 spiro atoms. The van der Waals surface area contributed by atoms with Crippen LogP contribution in [-0.2, 0) is 10.0 Å². The largest absolute Gasteiger partial charge is 0.313 e. The average molecular weight is 545 g/mol. The summed E-state index contributed by atoms with van der Waals surface area (Å²) in [5, 5.41) is 14.1. The number of nitrogens with zero attached hydrogens (tertiary/aromatic N) is 2. The monoisotopic (exact) mass is 544 g/mol. The minimum Gasteiger partial charge on any atom is -0.313 e. The van der Waals surface area contributed by atoms with E-state index in [9.17, 15) is 8.42 Å². The molecule has 1 aromatic carbocycles. The highest BCUT2D eigenvalue weighted by molar-refractivity contribution is 7.88. The fourth-order valence-electron chi connectivity index (χ4n) is 8.18. The van der Waals surface area contributed by atoms with Gasteiger partial charge in [0.2, 0.25) is 10.0 Å². The van der Waals surface area contributed by atoms with Crippen LogP contribution in [0, 0.1) is 17.8 Å². The first kappa shape index (κ1) is 27.1. The summed E-state index contributed by atoms with van der Waals surface area (Å²) in [6, 6.07) is 11.8. The molecule has 4 N–H and O–H groups in total. The van der Waals surface area contributed by atoms with Crippen molar-refractivity contribution in [1.82, 2.24) is 30.7 Å². The Bertz CT molecular complexity index is 1020. The van der Waals surface area contributed by atoms with Crippen LogP contribution in [0.1, 0.15) is 69.5 Å². The number of hydrazine groups is 1. The molecule has 0 amide bonds. The molecule has 0 bridgehead atoms. The topological polar surface area (TPSA) is 88.7 Å². The van der Waals surface area contributed by atoms with Gasteiger partial charge in [0.15, 0.2) is 0 Å². The van der Waals surface area contributed by atoms with Crippen LogP contribution in [0.25, 0.3) is 0 Å². The van der Waals surface area contributed by atoms with Gasteiger partial charge in [0, 0.05) is 56.3 Å². The van der Waals surface area contributed by atoms with Crippen LogP contribution in [0.15, 0.2) is 30.3 Å². The van der Waals surface area contributed by atoms with Gasteiger partial charge in [0.25, 0.3) is 0 Å². The van der Waals surface area contributed by atoms with E-state index in [-0.39, 0.29) is 24.2 Å². The quantitative estimate of drug-likeness (QED) is 0.409. The first-order valence-electron chi connectivity index (χ1n) is 15.2. The summed E-state index contributed by atoms with van der Waals surface area (Å²) in [5.41, 5.74) is 5.14. The van der Waals surface area contributed by atoms with Gasteiger partial charge >= 0.3 is 0 Å². The second-order valence-corrected chi connectivity index (χ2v) is 14.6. The number of hydrogen-bond acceptors (Lipinski definition) is 7. The van der Waals surface area contributed by atoms with E-state index in [1.807, 2.05) is 6.07 Å². The first-order chi connectivity index (χ1) is 18.5. The van der Waals surface area contributed by atoms with E-state index in [4.69, 9.17) is 0 Å². The highest BCUT2D eigenvalue weighted by Gasteiger charge is 2.49. The molecule has 212 valence electrons. The Labute approximate surface area is 229 Å². The lowest BCUT2D eigenvalue weighted by Crippen LogP contribution is -2.64. The van der Waals surface area contributed by atoms with E-state index in [1.54, 1.807) is 4.31 Å². The average Bonchev–Trinajstić information content (AvgIpc) is 3.49. The van der Waals surface area contributed by atoms with Gasteiger partial charge in [0.05, 0.1) is 12.4 Å². The van der Waals surface area contributed by atoms with E-state index in [2.05, 4.69) is 50.7 Å². The summed E-state index contributed by atoms with van der Waals surface area (Å²) in [7, 11) is -3.21. The Morgan fingerprint density at radius 1 is 0.868 bits per heavy atom. The molecule has 0 aromatic heterocycles. The van der Waals surface area contributed by atoms with Crippen LogP contribution in [0.5, 0.6) is 0 Å². The summed E-state index contributed by atoms with van der Waals surface area (Å²) >= 11 is 0. The van der Waals surface area contributed by atoms with Crippen molar-refractivity contribution in [3.8, 4) is 0 Å². The number of hydrogen-bond donors (Lipinski definition) is 4. The van der Waals surface area contributed by atoms with E-state index < -0.39 is 10.0 Å². The molecule has 7 unspecified atom stereocenters. The van der Waals surface area contributed by atoms with Crippen LogP contribution in [0.4, 0.5) is 0 Å². The Kier molecular flexibility index (Phi) is 8.43. The minimum absolute atomic E-state index is 0.0278. The van der Waals surface area contributed by atoms with Crippen molar-refractivity contribution in [3.63, 3.8) is 0 Å². The fraction of sp³-hybridized carbons (Fsp3) is 0.793. The lowest BCUT2D eigenvalue weighted by atomic mass is 9.79. The molecule has 9 heteroatoms. The van der Waals surface area contributed by atoms with Crippen molar-refractivity contribution in [2.45, 2.75) is 88.1 Å². The van der Waals surface area contributed by atoms with Gasteiger partial charge < -0.3 is 5.32 Å². The summed E-state index contributed by atoms with van der Waals surface area (Å²) in [6.45, 7) is 4.49. The van der Waals surface area contributed by atoms with Crippen molar-refractivity contribution in [2.24, 2.45) is 17.8 Å². The van der Waals surface area contributed by atoms with Crippen LogP contribution >= 0.6 is 0 Å². The lowest BCUT2D eigenvalue weighted by Gasteiger charge is -2.43. The van der Waals surface area contributed by atoms with Crippen LogP contribution in [-0.4, -0.2) is 80.9 Å². The molecular weight excluding hydrogens is 496 g/mol. The third kappa shape index (κ3) is 5.99. The van der Waals surface area contributed by atoms with Gasteiger partial charge in [-0.25, -0.2) is 17.7 Å². The van der Waals surface area contributed by atoms with Crippen LogP contribution in [0.3, 0.4) is 0 Å². The molecule has 0 radical (unpaired) electrons. The second-order valence-electron chi connectivity index (χ2n) is 12.7. The molecule has 1 aromatic rings. The van der Waals surface area contributed by atoms with E-state index in [1.165, 1.54) is 69.7 Å². The number of fused-ring (bicyclic) bond motifs is 1. The lowest BCUT2D eigenvalue weighted by molar-refractivity contribution is 0.104. The SMILES string of the molecule is CS(=O)(=O)N1CC2NC(c3ccccc3)NC(C3CCN(CC4CCCNC4C4CCCCCC4)N3)C2C1. The van der Waals surface area contributed by atoms with Gasteiger partial charge in [-0.3, -0.25) is 16.1 Å². The Morgan fingerprint density at radius 2 is 1.66 bits per heavy atom. The van der Waals surface area contributed by atoms with Crippen molar-refractivity contribution in [2.75, 3.05) is 39.0 Å². The number of benzene rings is 1. The highest BCUT2D eigenvalue weighted by atomic mass is 32.2.